The lowest BCUT2D eigenvalue weighted by Gasteiger charge is -2.11. The molecular weight excluding hydrogens is 392 g/mol. The van der Waals surface area contributed by atoms with E-state index in [-0.39, 0.29) is 0 Å². The molecule has 3 aromatic rings. The van der Waals surface area contributed by atoms with Gasteiger partial charge in [-0.05, 0) is 59.7 Å². The van der Waals surface area contributed by atoms with E-state index < -0.39 is 0 Å². The first-order valence-electron chi connectivity index (χ1n) is 10.6. The smallest absolute Gasteiger partial charge is 0.0886 e. The van der Waals surface area contributed by atoms with Gasteiger partial charge in [0.15, 0.2) is 0 Å². The molecule has 3 aromatic carbocycles. The maximum absolute atomic E-state index is 4.57. The average Bonchev–Trinajstić information content (AvgIpc) is 2.81. The van der Waals surface area contributed by atoms with Crippen molar-refractivity contribution in [2.45, 2.75) is 0 Å². The molecule has 0 heterocycles. The Morgan fingerprint density at radius 2 is 0.906 bits per heavy atom. The van der Waals surface area contributed by atoms with E-state index in [4.69, 9.17) is 0 Å². The fraction of sp³-hybridized carbons (Fsp3) is 0.143. The second-order valence-electron chi connectivity index (χ2n) is 7.74. The monoisotopic (exact) mass is 422 g/mol. The summed E-state index contributed by atoms with van der Waals surface area (Å²) in [5.41, 5.74) is 6.30. The normalized spacial score (nSPS) is 11.9. The summed E-state index contributed by atoms with van der Waals surface area (Å²) < 4.78 is 0. The molecule has 0 N–H and O–H groups in total. The number of aliphatic imine (C=N–C) groups is 2. The molecule has 0 saturated heterocycles. The largest absolute Gasteiger partial charge is 0.378 e. The number of anilines is 2. The first kappa shape index (κ1) is 22.8. The third kappa shape index (κ3) is 6.81. The van der Waals surface area contributed by atoms with E-state index in [0.717, 1.165) is 22.5 Å². The third-order valence-electron chi connectivity index (χ3n) is 4.88. The van der Waals surface area contributed by atoms with Gasteiger partial charge in [0.05, 0.1) is 11.4 Å². The Labute approximate surface area is 191 Å². The van der Waals surface area contributed by atoms with Gasteiger partial charge in [-0.2, -0.15) is 0 Å². The highest BCUT2D eigenvalue weighted by atomic mass is 15.1. The molecule has 0 saturated carbocycles. The van der Waals surface area contributed by atoms with Crippen molar-refractivity contribution in [1.82, 2.24) is 0 Å². The van der Waals surface area contributed by atoms with E-state index >= 15 is 0 Å². The molecule has 0 unspecified atom stereocenters. The lowest BCUT2D eigenvalue weighted by molar-refractivity contribution is 1.13. The van der Waals surface area contributed by atoms with Crippen LogP contribution in [0.2, 0.25) is 0 Å². The summed E-state index contributed by atoms with van der Waals surface area (Å²) in [5, 5.41) is 0. The van der Waals surface area contributed by atoms with Gasteiger partial charge in [0.2, 0.25) is 0 Å². The van der Waals surface area contributed by atoms with E-state index in [9.17, 15) is 0 Å². The molecule has 32 heavy (non-hydrogen) atoms. The van der Waals surface area contributed by atoms with Crippen LogP contribution in [0.15, 0.2) is 94.9 Å². The highest BCUT2D eigenvalue weighted by Crippen LogP contribution is 2.26. The number of benzene rings is 3. The van der Waals surface area contributed by atoms with Crippen molar-refractivity contribution in [3.63, 3.8) is 0 Å². The maximum atomic E-state index is 4.57. The molecule has 0 spiro atoms. The molecule has 0 aromatic heterocycles. The highest BCUT2D eigenvalue weighted by Gasteiger charge is 1.96. The minimum absolute atomic E-state index is 0.833. The Kier molecular flexibility index (Phi) is 8.15. The topological polar surface area (TPSA) is 31.2 Å². The highest BCUT2D eigenvalue weighted by molar-refractivity contribution is 5.85. The van der Waals surface area contributed by atoms with E-state index in [1.54, 1.807) is 12.4 Å². The lowest BCUT2D eigenvalue weighted by Crippen LogP contribution is -2.07. The van der Waals surface area contributed by atoms with Gasteiger partial charge < -0.3 is 9.80 Å². The van der Waals surface area contributed by atoms with E-state index in [1.165, 1.54) is 11.4 Å². The number of hydrogen-bond acceptors (Lipinski definition) is 4. The quantitative estimate of drug-likeness (QED) is 0.381. The summed E-state index contributed by atoms with van der Waals surface area (Å²) >= 11 is 0. The molecule has 4 heteroatoms. The summed E-state index contributed by atoms with van der Waals surface area (Å²) in [6.07, 6.45) is 11.6. The number of hydrogen-bond donors (Lipinski definition) is 0. The van der Waals surface area contributed by atoms with Crippen LogP contribution in [0.4, 0.5) is 22.7 Å². The lowest BCUT2D eigenvalue weighted by atomic mass is 10.2. The molecule has 0 bridgehead atoms. The van der Waals surface area contributed by atoms with Gasteiger partial charge in [-0.3, -0.25) is 9.98 Å². The van der Waals surface area contributed by atoms with Crippen molar-refractivity contribution in [2.24, 2.45) is 9.98 Å². The van der Waals surface area contributed by atoms with Crippen LogP contribution in [0.25, 0.3) is 12.2 Å². The predicted molar refractivity (Wildman–Crippen MR) is 142 cm³/mol. The predicted octanol–water partition coefficient (Wildman–Crippen LogP) is 6.65. The van der Waals surface area contributed by atoms with Gasteiger partial charge in [-0.15, -0.1) is 0 Å². The Morgan fingerprint density at radius 3 is 1.25 bits per heavy atom. The molecule has 0 amide bonds. The summed E-state index contributed by atoms with van der Waals surface area (Å²) in [6.45, 7) is 0. The van der Waals surface area contributed by atoms with Gasteiger partial charge in [-0.1, -0.05) is 48.6 Å². The molecule has 162 valence electrons. The fourth-order valence-electron chi connectivity index (χ4n) is 3.00. The zero-order valence-electron chi connectivity index (χ0n) is 19.2. The van der Waals surface area contributed by atoms with E-state index in [2.05, 4.69) is 68.3 Å². The van der Waals surface area contributed by atoms with Crippen LogP contribution in [0.5, 0.6) is 0 Å². The molecule has 3 rings (SSSR count). The molecular formula is C28H30N4. The van der Waals surface area contributed by atoms with Crippen LogP contribution >= 0.6 is 0 Å². The van der Waals surface area contributed by atoms with E-state index in [1.807, 2.05) is 76.8 Å². The minimum atomic E-state index is 0.833. The number of nitrogens with zero attached hydrogens (tertiary/aromatic N) is 4. The molecule has 0 fully saturated rings. The van der Waals surface area contributed by atoms with Crippen molar-refractivity contribution in [2.75, 3.05) is 38.0 Å². The van der Waals surface area contributed by atoms with Crippen molar-refractivity contribution in [3.8, 4) is 0 Å². The summed E-state index contributed by atoms with van der Waals surface area (Å²) in [6, 6.07) is 24.7. The average molecular weight is 423 g/mol. The van der Waals surface area contributed by atoms with Crippen LogP contribution < -0.4 is 9.80 Å². The SMILES string of the molecule is CN(C)c1ccc(/C=C/C=Nc2ccccc2N=C/C=C/c2ccc(N(C)C)cc2)cc1. The number of allylic oxidation sites excluding steroid dienone is 2. The molecule has 0 radical (unpaired) electrons. The van der Waals surface area contributed by atoms with Crippen LogP contribution in [-0.4, -0.2) is 40.6 Å². The Hall–Kier alpha value is -3.92. The van der Waals surface area contributed by atoms with E-state index in [0.29, 0.717) is 0 Å². The number of rotatable bonds is 8. The van der Waals surface area contributed by atoms with Crippen LogP contribution in [-0.2, 0) is 0 Å². The molecule has 0 aliphatic carbocycles. The van der Waals surface area contributed by atoms with Gasteiger partial charge in [0.25, 0.3) is 0 Å². The Morgan fingerprint density at radius 1 is 0.531 bits per heavy atom. The van der Waals surface area contributed by atoms with Crippen LogP contribution in [0.1, 0.15) is 11.1 Å². The standard InChI is InChI=1S/C28H30N4/c1-31(2)25-17-13-23(14-18-25)9-7-21-29-27-11-5-6-12-28(27)30-22-8-10-24-15-19-26(20-16-24)32(3)4/h5-22H,1-4H3/b9-7+,10-8+,29-21?,30-22?. The molecule has 0 aliphatic rings. The van der Waals surface area contributed by atoms with Crippen molar-refractivity contribution >= 4 is 47.3 Å². The van der Waals surface area contributed by atoms with Crippen molar-refractivity contribution in [1.29, 1.82) is 0 Å². The molecule has 0 atom stereocenters. The fourth-order valence-corrected chi connectivity index (χ4v) is 3.00. The summed E-state index contributed by atoms with van der Waals surface area (Å²) in [4.78, 5) is 13.3. The maximum Gasteiger partial charge on any atom is 0.0886 e. The van der Waals surface area contributed by atoms with Gasteiger partial charge in [0, 0.05) is 52.0 Å². The van der Waals surface area contributed by atoms with Gasteiger partial charge in [0.1, 0.15) is 0 Å². The first-order chi connectivity index (χ1) is 15.5. The summed E-state index contributed by atoms with van der Waals surface area (Å²) in [5.74, 6) is 0. The molecule has 0 aliphatic heterocycles. The van der Waals surface area contributed by atoms with Gasteiger partial charge in [-0.25, -0.2) is 0 Å². The number of para-hydroxylation sites is 2. The van der Waals surface area contributed by atoms with Crippen molar-refractivity contribution < 1.29 is 0 Å². The molecule has 4 nitrogen and oxygen atoms in total. The van der Waals surface area contributed by atoms with Gasteiger partial charge >= 0.3 is 0 Å². The second-order valence-corrected chi connectivity index (χ2v) is 7.74. The van der Waals surface area contributed by atoms with Crippen LogP contribution in [0.3, 0.4) is 0 Å². The second kappa shape index (κ2) is 11.5. The zero-order valence-corrected chi connectivity index (χ0v) is 19.2. The third-order valence-corrected chi connectivity index (χ3v) is 4.88. The zero-order chi connectivity index (χ0) is 22.8. The minimum Gasteiger partial charge on any atom is -0.378 e. The Balaban J connectivity index is 1.62. The first-order valence-corrected chi connectivity index (χ1v) is 10.6. The Bertz CT molecular complexity index is 1010. The summed E-state index contributed by atoms with van der Waals surface area (Å²) in [7, 11) is 8.15. The van der Waals surface area contributed by atoms with Crippen LogP contribution in [0, 0.1) is 0 Å². The van der Waals surface area contributed by atoms with Crippen molar-refractivity contribution in [3.05, 3.63) is 96.1 Å².